The van der Waals surface area contributed by atoms with Crippen molar-refractivity contribution < 1.29 is 14.3 Å². The number of amides is 3. The number of morpholine rings is 1. The zero-order chi connectivity index (χ0) is 20.5. The maximum absolute atomic E-state index is 12.8. The van der Waals surface area contributed by atoms with Crippen LogP contribution in [0, 0.1) is 3.95 Å². The average molecular weight is 437 g/mol. The van der Waals surface area contributed by atoms with Crippen molar-refractivity contribution in [1.82, 2.24) is 25.5 Å². The van der Waals surface area contributed by atoms with Crippen LogP contribution in [0.4, 0.5) is 9.93 Å². The summed E-state index contributed by atoms with van der Waals surface area (Å²) in [5.74, 6) is -0.146. The lowest BCUT2D eigenvalue weighted by Gasteiger charge is -2.30. The van der Waals surface area contributed by atoms with Crippen LogP contribution >= 0.6 is 23.6 Å². The third kappa shape index (κ3) is 7.20. The molecule has 1 aliphatic rings. The van der Waals surface area contributed by atoms with Gasteiger partial charge in [0.05, 0.1) is 19.8 Å². The summed E-state index contributed by atoms with van der Waals surface area (Å²) in [5.41, 5.74) is 3.72. The van der Waals surface area contributed by atoms with Crippen molar-refractivity contribution in [2.75, 3.05) is 44.7 Å². The summed E-state index contributed by atoms with van der Waals surface area (Å²) in [6.07, 6.45) is 0.909. The van der Waals surface area contributed by atoms with Gasteiger partial charge in [-0.25, -0.2) is 10.2 Å². The fourth-order valence-corrected chi connectivity index (χ4v) is 3.66. The molecule has 0 aliphatic carbocycles. The number of hydrogen-bond donors (Lipinski definition) is 3. The number of nitrogens with one attached hydrogen (secondary N) is 3. The molecule has 29 heavy (non-hydrogen) atoms. The summed E-state index contributed by atoms with van der Waals surface area (Å²) in [7, 11) is 0. The molecule has 1 aromatic heterocycles. The first-order valence-corrected chi connectivity index (χ1v) is 10.6. The third-order valence-electron chi connectivity index (χ3n) is 4.41. The number of hydrazine groups is 1. The van der Waals surface area contributed by atoms with Crippen LogP contribution in [0.5, 0.6) is 0 Å². The fourth-order valence-electron chi connectivity index (χ4n) is 2.87. The largest absolute Gasteiger partial charge is 0.379 e. The molecule has 11 heteroatoms. The maximum Gasteiger partial charge on any atom is 0.339 e. The summed E-state index contributed by atoms with van der Waals surface area (Å²) in [6.45, 7) is 4.03. The molecule has 0 spiro atoms. The minimum absolute atomic E-state index is 0.146. The van der Waals surface area contributed by atoms with Gasteiger partial charge in [-0.2, -0.15) is 0 Å². The van der Waals surface area contributed by atoms with Crippen LogP contribution in [0.15, 0.2) is 30.3 Å². The Morgan fingerprint density at radius 2 is 2.03 bits per heavy atom. The number of urea groups is 1. The van der Waals surface area contributed by atoms with E-state index >= 15 is 0 Å². The van der Waals surface area contributed by atoms with E-state index in [0.29, 0.717) is 48.2 Å². The lowest BCUT2D eigenvalue weighted by atomic mass is 10.1. The zero-order valence-electron chi connectivity index (χ0n) is 15.9. The number of anilines is 1. The van der Waals surface area contributed by atoms with Gasteiger partial charge in [0.1, 0.15) is 0 Å². The van der Waals surface area contributed by atoms with Crippen molar-refractivity contribution in [3.05, 3.63) is 39.8 Å². The van der Waals surface area contributed by atoms with Crippen molar-refractivity contribution in [3.63, 3.8) is 0 Å². The monoisotopic (exact) mass is 436 g/mol. The summed E-state index contributed by atoms with van der Waals surface area (Å²) >= 11 is 6.10. The van der Waals surface area contributed by atoms with E-state index in [0.717, 1.165) is 30.0 Å². The SMILES string of the molecule is O=C(Nc1n[nH]c(=S)s1)NN(CCN1CCOCC1)C(=O)CCc1ccccc1. The molecule has 3 rings (SSSR count). The normalized spacial score (nSPS) is 14.3. The van der Waals surface area contributed by atoms with Crippen LogP contribution in [0.3, 0.4) is 0 Å². The van der Waals surface area contributed by atoms with Gasteiger partial charge in [0.2, 0.25) is 11.0 Å². The van der Waals surface area contributed by atoms with Crippen LogP contribution < -0.4 is 10.7 Å². The number of carbonyl (C=O) groups excluding carboxylic acids is 2. The molecule has 0 radical (unpaired) electrons. The molecule has 0 atom stereocenters. The number of nitrogens with zero attached hydrogens (tertiary/aromatic N) is 3. The summed E-state index contributed by atoms with van der Waals surface area (Å²) in [4.78, 5) is 27.3. The molecule has 9 nitrogen and oxygen atoms in total. The standard InChI is InChI=1S/C18H24N6O3S2/c25-15(7-6-14-4-2-1-3-5-14)24(9-8-23-10-12-27-13-11-23)22-16(26)19-17-20-21-18(28)29-17/h1-5H,6-13H2,(H,21,28)(H2,19,20,22,26). The Bertz CT molecular complexity index is 851. The Balaban J connectivity index is 1.57. The van der Waals surface area contributed by atoms with Crippen LogP contribution in [0.1, 0.15) is 12.0 Å². The van der Waals surface area contributed by atoms with Crippen molar-refractivity contribution in [3.8, 4) is 0 Å². The Kier molecular flexibility index (Phi) is 8.11. The van der Waals surface area contributed by atoms with Crippen molar-refractivity contribution >= 4 is 40.6 Å². The Hall–Kier alpha value is -2.34. The van der Waals surface area contributed by atoms with Gasteiger partial charge < -0.3 is 4.74 Å². The van der Waals surface area contributed by atoms with E-state index in [4.69, 9.17) is 17.0 Å². The average Bonchev–Trinajstić information content (AvgIpc) is 3.15. The predicted octanol–water partition coefficient (Wildman–Crippen LogP) is 2.03. The second kappa shape index (κ2) is 11.0. The van der Waals surface area contributed by atoms with Crippen LogP contribution in [-0.4, -0.2) is 71.4 Å². The van der Waals surface area contributed by atoms with Gasteiger partial charge in [0.15, 0.2) is 3.95 Å². The van der Waals surface area contributed by atoms with Crippen LogP contribution in [0.2, 0.25) is 0 Å². The number of carbonyl (C=O) groups is 2. The summed E-state index contributed by atoms with van der Waals surface area (Å²) in [6, 6.07) is 9.27. The van der Waals surface area contributed by atoms with E-state index in [1.807, 2.05) is 30.3 Å². The first kappa shape index (κ1) is 21.4. The smallest absolute Gasteiger partial charge is 0.339 e. The van der Waals surface area contributed by atoms with Gasteiger partial charge in [-0.05, 0) is 24.2 Å². The quantitative estimate of drug-likeness (QED) is 0.453. The number of aryl methyl sites for hydroxylation is 1. The van der Waals surface area contributed by atoms with Gasteiger partial charge in [0.25, 0.3) is 0 Å². The first-order chi connectivity index (χ1) is 14.1. The molecule has 0 bridgehead atoms. The third-order valence-corrected chi connectivity index (χ3v) is 5.41. The van der Waals surface area contributed by atoms with E-state index in [1.165, 1.54) is 5.01 Å². The Labute approximate surface area is 178 Å². The van der Waals surface area contributed by atoms with Gasteiger partial charge in [-0.3, -0.25) is 25.1 Å². The Morgan fingerprint density at radius 3 is 2.72 bits per heavy atom. The molecule has 0 saturated carbocycles. The number of benzene rings is 1. The maximum atomic E-state index is 12.8. The number of ether oxygens (including phenoxy) is 1. The van der Waals surface area contributed by atoms with Crippen molar-refractivity contribution in [1.29, 1.82) is 0 Å². The van der Waals surface area contributed by atoms with E-state index in [1.54, 1.807) is 0 Å². The molecule has 1 fully saturated rings. The highest BCUT2D eigenvalue weighted by molar-refractivity contribution is 7.73. The number of H-pyrrole nitrogens is 1. The number of hydrogen-bond acceptors (Lipinski definition) is 7. The Morgan fingerprint density at radius 1 is 1.28 bits per heavy atom. The highest BCUT2D eigenvalue weighted by Gasteiger charge is 2.19. The second-order valence-electron chi connectivity index (χ2n) is 6.47. The van der Waals surface area contributed by atoms with Gasteiger partial charge in [0, 0.05) is 26.1 Å². The van der Waals surface area contributed by atoms with E-state index < -0.39 is 6.03 Å². The van der Waals surface area contributed by atoms with E-state index in [9.17, 15) is 9.59 Å². The van der Waals surface area contributed by atoms with Crippen LogP contribution in [0.25, 0.3) is 0 Å². The molecule has 3 amide bonds. The van der Waals surface area contributed by atoms with Gasteiger partial charge >= 0.3 is 6.03 Å². The molecule has 1 saturated heterocycles. The highest BCUT2D eigenvalue weighted by atomic mass is 32.1. The lowest BCUT2D eigenvalue weighted by molar-refractivity contribution is -0.133. The minimum Gasteiger partial charge on any atom is -0.379 e. The molecular formula is C18H24N6O3S2. The van der Waals surface area contributed by atoms with E-state index in [2.05, 4.69) is 25.8 Å². The summed E-state index contributed by atoms with van der Waals surface area (Å²) in [5, 5.41) is 10.8. The van der Waals surface area contributed by atoms with Gasteiger partial charge in [-0.15, -0.1) is 5.10 Å². The number of aromatic nitrogens is 2. The van der Waals surface area contributed by atoms with Crippen molar-refractivity contribution in [2.24, 2.45) is 0 Å². The fraction of sp³-hybridized carbons (Fsp3) is 0.444. The molecule has 0 unspecified atom stereocenters. The molecule has 1 aliphatic heterocycles. The topological polar surface area (TPSA) is 103 Å². The van der Waals surface area contributed by atoms with E-state index in [-0.39, 0.29) is 5.91 Å². The molecular weight excluding hydrogens is 412 g/mol. The van der Waals surface area contributed by atoms with Crippen molar-refractivity contribution in [2.45, 2.75) is 12.8 Å². The first-order valence-electron chi connectivity index (χ1n) is 9.38. The molecule has 1 aromatic carbocycles. The van der Waals surface area contributed by atoms with Gasteiger partial charge in [-0.1, -0.05) is 41.7 Å². The second-order valence-corrected chi connectivity index (χ2v) is 8.13. The molecule has 2 heterocycles. The predicted molar refractivity (Wildman–Crippen MR) is 113 cm³/mol. The molecule has 3 N–H and O–H groups in total. The summed E-state index contributed by atoms with van der Waals surface area (Å²) < 4.78 is 5.82. The minimum atomic E-state index is -0.530. The molecule has 2 aromatic rings. The number of aromatic amines is 1. The highest BCUT2D eigenvalue weighted by Crippen LogP contribution is 2.10. The molecule has 156 valence electrons. The van der Waals surface area contributed by atoms with Crippen LogP contribution in [-0.2, 0) is 16.0 Å². The zero-order valence-corrected chi connectivity index (χ0v) is 17.6. The number of rotatable bonds is 7. The lowest BCUT2D eigenvalue weighted by Crippen LogP contribution is -2.51.